The van der Waals surface area contributed by atoms with Crippen molar-refractivity contribution in [2.24, 2.45) is 5.41 Å². The number of hydrogen-bond acceptors (Lipinski definition) is 0. The van der Waals surface area contributed by atoms with Crippen LogP contribution in [0.3, 0.4) is 0 Å². The molecule has 0 heterocycles. The summed E-state index contributed by atoms with van der Waals surface area (Å²) in [5, 5.41) is 0. The molecule has 3 heteroatoms. The third-order valence-corrected chi connectivity index (χ3v) is 13.0. The van der Waals surface area contributed by atoms with E-state index >= 15 is 0 Å². The molecule has 2 aromatic rings. The van der Waals surface area contributed by atoms with Gasteiger partial charge in [-0.15, -0.1) is 24.8 Å². The van der Waals surface area contributed by atoms with Gasteiger partial charge in [0.1, 0.15) is 0 Å². The molecule has 0 N–H and O–H groups in total. The molecule has 0 unspecified atom stereocenters. The number of rotatable bonds is 2. The number of hydrogen-bond donors (Lipinski definition) is 0. The van der Waals surface area contributed by atoms with E-state index in [2.05, 4.69) is 89.2 Å². The van der Waals surface area contributed by atoms with Crippen molar-refractivity contribution in [1.29, 1.82) is 0 Å². The van der Waals surface area contributed by atoms with E-state index in [0.29, 0.717) is 0 Å². The predicted molar refractivity (Wildman–Crippen MR) is 125 cm³/mol. The minimum atomic E-state index is -1.99. The van der Waals surface area contributed by atoms with Crippen molar-refractivity contribution >= 4 is 31.3 Å². The Balaban J connectivity index is 0.00000140. The van der Waals surface area contributed by atoms with Crippen molar-refractivity contribution in [3.63, 3.8) is 0 Å². The molecular weight excluding hydrogens is 462 g/mol. The number of fused-ring (bicyclic) bond motifs is 3. The van der Waals surface area contributed by atoms with E-state index in [1.54, 1.807) is 15.3 Å². The minimum Gasteiger partial charge on any atom is -0.147 e. The Kier molecular flexibility index (Phi) is 7.52. The van der Waals surface area contributed by atoms with Gasteiger partial charge in [0, 0.05) is 0 Å². The second-order valence-electron chi connectivity index (χ2n) is 8.82. The standard InChI is InChI=1S/C13H9.C9H13.C3H6.2ClH.Zr/c1-3-7-12-10(5-1)9-11-6-2-4-8-13(11)12;1-9(2,3)8-6-4-5-7-8;1-3-2;;;/h1-5,7-8H,9H2;6-7H,4H2,1-3H3;1-2H3;2*1H;. The Morgan fingerprint density at radius 3 is 2.21 bits per heavy atom. The average Bonchev–Trinajstić information content (AvgIpc) is 3.20. The van der Waals surface area contributed by atoms with Gasteiger partial charge in [-0.05, 0) is 0 Å². The van der Waals surface area contributed by atoms with Crippen LogP contribution in [0.15, 0.2) is 63.5 Å². The third-order valence-electron chi connectivity index (χ3n) is 5.68. The first-order valence-electron chi connectivity index (χ1n) is 9.66. The van der Waals surface area contributed by atoms with Gasteiger partial charge in [0.25, 0.3) is 0 Å². The average molecular weight is 493 g/mol. The summed E-state index contributed by atoms with van der Waals surface area (Å²) in [5.41, 5.74) is 7.85. The molecule has 2 aromatic carbocycles. The second-order valence-corrected chi connectivity index (χ2v) is 16.0. The third kappa shape index (κ3) is 4.23. The van der Waals surface area contributed by atoms with E-state index < -0.39 is 21.3 Å². The Hall–Kier alpha value is -0.747. The summed E-state index contributed by atoms with van der Waals surface area (Å²) in [7, 11) is 0. The number of allylic oxidation sites excluding steroid dienone is 4. The van der Waals surface area contributed by atoms with E-state index in [0.717, 1.165) is 6.42 Å². The molecule has 148 valence electrons. The maximum absolute atomic E-state index is 2.56. The molecular formula is C25H30Cl2Zr. The van der Waals surface area contributed by atoms with Crippen molar-refractivity contribution < 1.29 is 21.3 Å². The van der Waals surface area contributed by atoms with Crippen LogP contribution in [0.2, 0.25) is 0 Å². The van der Waals surface area contributed by atoms with Gasteiger partial charge in [0.05, 0.1) is 0 Å². The summed E-state index contributed by atoms with van der Waals surface area (Å²) >= 11 is -1.99. The Morgan fingerprint density at radius 1 is 0.893 bits per heavy atom. The van der Waals surface area contributed by atoms with E-state index in [4.69, 9.17) is 0 Å². The monoisotopic (exact) mass is 490 g/mol. The van der Waals surface area contributed by atoms with Gasteiger partial charge in [0.15, 0.2) is 0 Å². The van der Waals surface area contributed by atoms with Gasteiger partial charge in [-0.2, -0.15) is 0 Å². The zero-order chi connectivity index (χ0) is 18.5. The molecule has 0 atom stereocenters. The molecule has 28 heavy (non-hydrogen) atoms. The van der Waals surface area contributed by atoms with E-state index in [-0.39, 0.29) is 30.2 Å². The predicted octanol–water partition coefficient (Wildman–Crippen LogP) is 6.82. The second kappa shape index (κ2) is 8.95. The largest absolute Gasteiger partial charge is 0.147 e. The van der Waals surface area contributed by atoms with Gasteiger partial charge in [-0.1, -0.05) is 0 Å². The first-order valence-corrected chi connectivity index (χ1v) is 13.3. The van der Waals surface area contributed by atoms with Crippen LogP contribution in [0.4, 0.5) is 0 Å². The maximum atomic E-state index is 2.56. The Labute approximate surface area is 190 Å². The van der Waals surface area contributed by atoms with Crippen molar-refractivity contribution in [3.05, 3.63) is 74.6 Å². The topological polar surface area (TPSA) is 0 Å². The molecule has 0 fully saturated rings. The van der Waals surface area contributed by atoms with Gasteiger partial charge in [-0.3, -0.25) is 0 Å². The summed E-state index contributed by atoms with van der Waals surface area (Å²) in [4.78, 5) is 0. The molecule has 0 saturated carbocycles. The molecule has 0 radical (unpaired) electrons. The summed E-state index contributed by atoms with van der Waals surface area (Å²) in [6.45, 7) is 11.8. The molecule has 0 bridgehead atoms. The van der Waals surface area contributed by atoms with Crippen LogP contribution in [0, 0.1) is 5.41 Å². The van der Waals surface area contributed by atoms with E-state index in [1.807, 2.05) is 0 Å². The molecule has 4 rings (SSSR count). The summed E-state index contributed by atoms with van der Waals surface area (Å²) in [5.74, 6) is 0. The molecule has 2 aliphatic carbocycles. The van der Waals surface area contributed by atoms with Crippen LogP contribution in [-0.4, -0.2) is 3.21 Å². The van der Waals surface area contributed by atoms with E-state index in [9.17, 15) is 0 Å². The minimum absolute atomic E-state index is 0. The van der Waals surface area contributed by atoms with Gasteiger partial charge in [-0.25, -0.2) is 0 Å². The smallest absolute Gasteiger partial charge is 0.147 e. The normalized spacial score (nSPS) is 14.2. The van der Waals surface area contributed by atoms with Crippen molar-refractivity contribution in [2.45, 2.75) is 47.5 Å². The van der Waals surface area contributed by atoms with Crippen LogP contribution in [0.5, 0.6) is 0 Å². The van der Waals surface area contributed by atoms with Crippen LogP contribution < -0.4 is 3.27 Å². The van der Waals surface area contributed by atoms with Gasteiger partial charge in [0.2, 0.25) is 0 Å². The maximum Gasteiger partial charge on any atom is -0.147 e. The number of benzene rings is 2. The molecule has 0 spiro atoms. The zero-order valence-corrected chi connectivity index (χ0v) is 21.5. The van der Waals surface area contributed by atoms with Gasteiger partial charge < -0.3 is 0 Å². The Morgan fingerprint density at radius 2 is 1.57 bits per heavy atom. The van der Waals surface area contributed by atoms with Crippen LogP contribution in [0.1, 0.15) is 52.2 Å². The summed E-state index contributed by atoms with van der Waals surface area (Å²) < 4.78 is 5.14. The fourth-order valence-electron chi connectivity index (χ4n) is 4.38. The Bertz CT molecular complexity index is 984. The fraction of sp³-hybridized carbons (Fsp3) is 0.320. The van der Waals surface area contributed by atoms with Gasteiger partial charge >= 0.3 is 166 Å². The molecule has 0 amide bonds. The molecule has 0 aromatic heterocycles. The fourth-order valence-corrected chi connectivity index (χ4v) is 11.6. The zero-order valence-electron chi connectivity index (χ0n) is 17.4. The van der Waals surface area contributed by atoms with Crippen molar-refractivity contribution in [3.8, 4) is 11.1 Å². The SMILES string of the molecule is C[C](C)=[Zr]([C]1=CC(C(C)(C)C)=CC1)[c]1cccc2c1Cc1ccccc1-2.Cl.Cl. The summed E-state index contributed by atoms with van der Waals surface area (Å²) in [6, 6.07) is 16.0. The van der Waals surface area contributed by atoms with Crippen LogP contribution >= 0.6 is 24.8 Å². The summed E-state index contributed by atoms with van der Waals surface area (Å²) in [6.07, 6.45) is 7.33. The van der Waals surface area contributed by atoms with Crippen LogP contribution in [0.25, 0.3) is 11.1 Å². The first-order chi connectivity index (χ1) is 12.4. The van der Waals surface area contributed by atoms with Crippen LogP contribution in [-0.2, 0) is 27.7 Å². The molecule has 0 saturated heterocycles. The van der Waals surface area contributed by atoms with E-state index in [1.165, 1.54) is 28.7 Å². The van der Waals surface area contributed by atoms with Crippen molar-refractivity contribution in [1.82, 2.24) is 0 Å². The van der Waals surface area contributed by atoms with Crippen molar-refractivity contribution in [2.75, 3.05) is 0 Å². The molecule has 2 aliphatic rings. The molecule has 0 nitrogen and oxygen atoms in total. The number of halogens is 2. The molecule has 0 aliphatic heterocycles. The quantitative estimate of drug-likeness (QED) is 0.368. The first kappa shape index (κ1) is 23.5.